The number of aromatic nitrogens is 4. The van der Waals surface area contributed by atoms with Crippen LogP contribution in [-0.2, 0) is 22.4 Å². The van der Waals surface area contributed by atoms with Crippen LogP contribution in [0.25, 0.3) is 5.78 Å². The van der Waals surface area contributed by atoms with E-state index in [9.17, 15) is 9.59 Å². The first-order valence-electron chi connectivity index (χ1n) is 9.01. The molecule has 146 valence electrons. The predicted octanol–water partition coefficient (Wildman–Crippen LogP) is 1.18. The highest BCUT2D eigenvalue weighted by Gasteiger charge is 2.16. The molecule has 9 nitrogen and oxygen atoms in total. The highest BCUT2D eigenvalue weighted by atomic mass is 16.2. The molecule has 3 rings (SSSR count). The van der Waals surface area contributed by atoms with Crippen LogP contribution < -0.4 is 16.4 Å². The molecular formula is C19H23N7O2. The first kappa shape index (κ1) is 19.3. The maximum Gasteiger partial charge on any atom is 0.254 e. The van der Waals surface area contributed by atoms with Crippen LogP contribution in [0.3, 0.4) is 0 Å². The number of amides is 2. The average Bonchev–Trinajstić information content (AvgIpc) is 3.04. The van der Waals surface area contributed by atoms with E-state index in [0.29, 0.717) is 11.5 Å². The summed E-state index contributed by atoms with van der Waals surface area (Å²) >= 11 is 0. The van der Waals surface area contributed by atoms with E-state index in [4.69, 9.17) is 5.73 Å². The molecule has 0 radical (unpaired) electrons. The smallest absolute Gasteiger partial charge is 0.254 e. The number of para-hydroxylation sites is 1. The summed E-state index contributed by atoms with van der Waals surface area (Å²) in [5.74, 6) is -0.0362. The van der Waals surface area contributed by atoms with E-state index in [1.807, 2.05) is 38.1 Å². The van der Waals surface area contributed by atoms with Crippen LogP contribution in [0.5, 0.6) is 0 Å². The molecule has 1 aromatic carbocycles. The molecule has 2 aromatic heterocycles. The van der Waals surface area contributed by atoms with Gasteiger partial charge in [-0.3, -0.25) is 9.59 Å². The predicted molar refractivity (Wildman–Crippen MR) is 106 cm³/mol. The van der Waals surface area contributed by atoms with E-state index in [-0.39, 0.29) is 30.7 Å². The quantitative estimate of drug-likeness (QED) is 0.588. The summed E-state index contributed by atoms with van der Waals surface area (Å²) in [6.45, 7) is 5.54. The van der Waals surface area contributed by atoms with Gasteiger partial charge in [0, 0.05) is 22.6 Å². The lowest BCUT2D eigenvalue weighted by atomic mass is 10.1. The molecular weight excluding hydrogens is 358 g/mol. The lowest BCUT2D eigenvalue weighted by molar-refractivity contribution is -0.123. The van der Waals surface area contributed by atoms with Crippen LogP contribution in [0.2, 0.25) is 0 Å². The Morgan fingerprint density at radius 3 is 2.64 bits per heavy atom. The molecule has 0 aliphatic carbocycles. The number of benzene rings is 1. The number of anilines is 2. The Balaban J connectivity index is 1.63. The molecule has 0 aliphatic heterocycles. The third-order valence-electron chi connectivity index (χ3n) is 4.52. The molecule has 0 fully saturated rings. The van der Waals surface area contributed by atoms with E-state index in [2.05, 4.69) is 25.7 Å². The van der Waals surface area contributed by atoms with Crippen molar-refractivity contribution in [3.8, 4) is 0 Å². The molecule has 2 heterocycles. The van der Waals surface area contributed by atoms with Crippen molar-refractivity contribution in [2.24, 2.45) is 0 Å². The number of hydrogen-bond acceptors (Lipinski definition) is 6. The van der Waals surface area contributed by atoms with Gasteiger partial charge >= 0.3 is 0 Å². The number of nitrogens with one attached hydrogen (secondary N) is 2. The molecule has 0 aliphatic rings. The molecule has 0 saturated heterocycles. The highest BCUT2D eigenvalue weighted by Crippen LogP contribution is 2.16. The molecule has 9 heteroatoms. The number of hydrogen-bond donors (Lipinski definition) is 3. The van der Waals surface area contributed by atoms with Crippen LogP contribution in [0.15, 0.2) is 24.3 Å². The Bertz CT molecular complexity index is 1040. The molecule has 0 spiro atoms. The molecule has 3 aromatic rings. The average molecular weight is 381 g/mol. The number of rotatable bonds is 6. The highest BCUT2D eigenvalue weighted by molar-refractivity contribution is 5.95. The summed E-state index contributed by atoms with van der Waals surface area (Å²) in [7, 11) is 0. The third-order valence-corrected chi connectivity index (χ3v) is 4.52. The van der Waals surface area contributed by atoms with Gasteiger partial charge in [-0.1, -0.05) is 25.1 Å². The molecule has 0 saturated carbocycles. The van der Waals surface area contributed by atoms with Crippen molar-refractivity contribution in [1.82, 2.24) is 24.9 Å². The number of carbonyl (C=O) groups excluding carboxylic acids is 2. The number of nitrogen functional groups attached to an aromatic ring is 1. The molecule has 0 bridgehead atoms. The van der Waals surface area contributed by atoms with Gasteiger partial charge in [0.15, 0.2) is 0 Å². The maximum absolute atomic E-state index is 12.3. The Morgan fingerprint density at radius 2 is 1.89 bits per heavy atom. The fourth-order valence-corrected chi connectivity index (χ4v) is 3.03. The SMILES string of the molecule is CCc1ccccc1NC(=O)CNC(=O)Cc1c(C)nc2nc(N)nn2c1C. The van der Waals surface area contributed by atoms with Gasteiger partial charge in [0.1, 0.15) is 0 Å². The summed E-state index contributed by atoms with van der Waals surface area (Å²) in [6, 6.07) is 7.59. The zero-order valence-corrected chi connectivity index (χ0v) is 16.1. The molecule has 0 unspecified atom stereocenters. The Labute approximate surface area is 162 Å². The minimum absolute atomic E-state index is 0.0825. The minimum atomic E-state index is -0.278. The summed E-state index contributed by atoms with van der Waals surface area (Å²) in [6.07, 6.45) is 0.892. The van der Waals surface area contributed by atoms with E-state index in [0.717, 1.165) is 28.9 Å². The van der Waals surface area contributed by atoms with Crippen molar-refractivity contribution in [3.63, 3.8) is 0 Å². The van der Waals surface area contributed by atoms with E-state index < -0.39 is 0 Å². The molecule has 0 atom stereocenters. The summed E-state index contributed by atoms with van der Waals surface area (Å²) in [4.78, 5) is 32.9. The lowest BCUT2D eigenvalue weighted by Crippen LogP contribution is -2.34. The van der Waals surface area contributed by atoms with Gasteiger partial charge < -0.3 is 16.4 Å². The van der Waals surface area contributed by atoms with Crippen LogP contribution in [0, 0.1) is 13.8 Å². The van der Waals surface area contributed by atoms with Crippen LogP contribution in [0.1, 0.15) is 29.4 Å². The zero-order chi connectivity index (χ0) is 20.3. The first-order valence-corrected chi connectivity index (χ1v) is 9.01. The normalized spacial score (nSPS) is 10.8. The van der Waals surface area contributed by atoms with Gasteiger partial charge in [0.2, 0.25) is 17.8 Å². The van der Waals surface area contributed by atoms with Gasteiger partial charge in [0.05, 0.1) is 13.0 Å². The number of nitrogens with two attached hydrogens (primary N) is 1. The number of fused-ring (bicyclic) bond motifs is 1. The Morgan fingerprint density at radius 1 is 1.14 bits per heavy atom. The van der Waals surface area contributed by atoms with E-state index >= 15 is 0 Å². The fourth-order valence-electron chi connectivity index (χ4n) is 3.03. The topological polar surface area (TPSA) is 127 Å². The second kappa shape index (κ2) is 8.03. The zero-order valence-electron chi connectivity index (χ0n) is 16.1. The minimum Gasteiger partial charge on any atom is -0.366 e. The van der Waals surface area contributed by atoms with Gasteiger partial charge in [-0.05, 0) is 31.9 Å². The summed E-state index contributed by atoms with van der Waals surface area (Å²) in [5, 5.41) is 9.56. The van der Waals surface area contributed by atoms with Crippen molar-refractivity contribution >= 4 is 29.2 Å². The molecule has 2 amide bonds. The van der Waals surface area contributed by atoms with Crippen LogP contribution in [-0.4, -0.2) is 37.9 Å². The van der Waals surface area contributed by atoms with Crippen molar-refractivity contribution in [3.05, 3.63) is 46.8 Å². The van der Waals surface area contributed by atoms with Gasteiger partial charge in [-0.2, -0.15) is 9.50 Å². The Hall–Kier alpha value is -3.49. The van der Waals surface area contributed by atoms with Crippen molar-refractivity contribution < 1.29 is 9.59 Å². The van der Waals surface area contributed by atoms with Crippen LogP contribution in [0.4, 0.5) is 11.6 Å². The fraction of sp³-hybridized carbons (Fsp3) is 0.316. The van der Waals surface area contributed by atoms with Gasteiger partial charge in [-0.15, -0.1) is 5.10 Å². The van der Waals surface area contributed by atoms with Gasteiger partial charge in [-0.25, -0.2) is 4.98 Å². The largest absolute Gasteiger partial charge is 0.366 e. The molecule has 4 N–H and O–H groups in total. The van der Waals surface area contributed by atoms with Crippen molar-refractivity contribution in [2.45, 2.75) is 33.6 Å². The van der Waals surface area contributed by atoms with E-state index in [1.165, 1.54) is 4.52 Å². The number of nitrogens with zero attached hydrogens (tertiary/aromatic N) is 4. The third kappa shape index (κ3) is 4.08. The van der Waals surface area contributed by atoms with E-state index in [1.54, 1.807) is 6.92 Å². The number of carbonyl (C=O) groups is 2. The summed E-state index contributed by atoms with van der Waals surface area (Å²) < 4.78 is 1.51. The van der Waals surface area contributed by atoms with Crippen molar-refractivity contribution in [2.75, 3.05) is 17.6 Å². The van der Waals surface area contributed by atoms with Crippen molar-refractivity contribution in [1.29, 1.82) is 0 Å². The Kier molecular flexibility index (Phi) is 5.53. The summed E-state index contributed by atoms with van der Waals surface area (Å²) in [5.41, 5.74) is 9.56. The molecule has 28 heavy (non-hydrogen) atoms. The van der Waals surface area contributed by atoms with Crippen LogP contribution >= 0.6 is 0 Å². The second-order valence-corrected chi connectivity index (χ2v) is 6.46. The van der Waals surface area contributed by atoms with Gasteiger partial charge in [0.25, 0.3) is 5.78 Å². The first-order chi connectivity index (χ1) is 13.4. The second-order valence-electron chi connectivity index (χ2n) is 6.46. The monoisotopic (exact) mass is 381 g/mol. The lowest BCUT2D eigenvalue weighted by Gasteiger charge is -2.12. The number of aryl methyl sites for hydroxylation is 3. The standard InChI is InChI=1S/C19H23N7O2/c1-4-13-7-5-6-8-15(13)23-17(28)10-21-16(27)9-14-11(2)22-19-24-18(20)25-26(19)12(14)3/h5-8H,4,9-10H2,1-3H3,(H2,20,25)(H,21,27)(H,23,28). The maximum atomic E-state index is 12.3.